The second kappa shape index (κ2) is 19.4. The molecular weight excluding hydrogens is 833 g/mol. The first kappa shape index (κ1) is 46.2. The van der Waals surface area contributed by atoms with Crippen molar-refractivity contribution >= 4 is 92.9 Å². The fourth-order valence-electron chi connectivity index (χ4n) is 8.95. The van der Waals surface area contributed by atoms with Gasteiger partial charge in [-0.25, -0.2) is 0 Å². The Labute approximate surface area is 375 Å². The third-order valence-corrected chi connectivity index (χ3v) is 16.0. The Morgan fingerprint density at radius 1 is 0.683 bits per heavy atom. The van der Waals surface area contributed by atoms with Crippen molar-refractivity contribution in [3.05, 3.63) is 59.7 Å². The number of hydrogen-bond acceptors (Lipinski definition) is 10. The summed E-state index contributed by atoms with van der Waals surface area (Å²) in [5.41, 5.74) is 2.36. The van der Waals surface area contributed by atoms with Gasteiger partial charge in [-0.15, -0.1) is 23.5 Å². The van der Waals surface area contributed by atoms with E-state index in [0.29, 0.717) is 59.9 Å². The maximum Gasteiger partial charge on any atom is 0.247 e. The number of nitrogens with one attached hydrogen (secondary N) is 6. The van der Waals surface area contributed by atoms with Gasteiger partial charge in [0.1, 0.15) is 24.2 Å². The number of amides is 4. The normalized spacial score (nSPS) is 26.8. The molecule has 2 aromatic rings. The molecule has 8 atom stereocenters. The van der Waals surface area contributed by atoms with Gasteiger partial charge in [0.2, 0.25) is 23.6 Å². The topological polar surface area (TPSA) is 147 Å². The van der Waals surface area contributed by atoms with Crippen LogP contribution in [0.5, 0.6) is 0 Å². The van der Waals surface area contributed by atoms with E-state index >= 15 is 0 Å². The van der Waals surface area contributed by atoms with Gasteiger partial charge >= 0.3 is 0 Å². The number of aryl methyl sites for hydroxylation is 2. The van der Waals surface area contributed by atoms with Gasteiger partial charge in [0.15, 0.2) is 0 Å². The summed E-state index contributed by atoms with van der Waals surface area (Å²) in [5, 5.41) is 19.1. The molecular formula is C44H62N8O4S4. The number of anilines is 2. The highest BCUT2D eigenvalue weighted by Crippen LogP contribution is 2.48. The van der Waals surface area contributed by atoms with Crippen LogP contribution in [0.4, 0.5) is 11.4 Å². The Morgan fingerprint density at radius 3 is 1.42 bits per heavy atom. The van der Waals surface area contributed by atoms with E-state index < -0.39 is 35.0 Å². The molecule has 0 aliphatic carbocycles. The largest absolute Gasteiger partial charge is 0.367 e. The lowest BCUT2D eigenvalue weighted by molar-refractivity contribution is -0.140. The van der Waals surface area contributed by atoms with Crippen molar-refractivity contribution in [3.63, 3.8) is 0 Å². The van der Waals surface area contributed by atoms with Gasteiger partial charge in [0.25, 0.3) is 0 Å². The molecule has 6 N–H and O–H groups in total. The third kappa shape index (κ3) is 9.99. The predicted molar refractivity (Wildman–Crippen MR) is 253 cm³/mol. The van der Waals surface area contributed by atoms with E-state index in [1.165, 1.54) is 0 Å². The minimum atomic E-state index is -0.669. The summed E-state index contributed by atoms with van der Waals surface area (Å²) < 4.78 is 0. The first-order valence-corrected chi connectivity index (χ1v) is 24.0. The van der Waals surface area contributed by atoms with Crippen LogP contribution < -0.4 is 31.9 Å². The second-order valence-electron chi connectivity index (χ2n) is 17.8. The zero-order chi connectivity index (χ0) is 43.5. The number of para-hydroxylation sites is 2. The molecule has 0 bridgehead atoms. The fraction of sp³-hybridized carbons (Fsp3) is 0.591. The van der Waals surface area contributed by atoms with Crippen LogP contribution in [0.1, 0.15) is 78.4 Å². The van der Waals surface area contributed by atoms with Crippen LogP contribution in [0.25, 0.3) is 0 Å². The number of nitrogens with zero attached hydrogens (tertiary/aromatic N) is 2. The number of hydrogen-bond donors (Lipinski definition) is 6. The Hall–Kier alpha value is -3.28. The van der Waals surface area contributed by atoms with Crippen molar-refractivity contribution in [2.75, 3.05) is 36.2 Å². The van der Waals surface area contributed by atoms with Gasteiger partial charge < -0.3 is 41.7 Å². The molecule has 60 heavy (non-hydrogen) atoms. The minimum Gasteiger partial charge on any atom is -0.367 e. The summed E-state index contributed by atoms with van der Waals surface area (Å²) in [4.78, 5) is 62.0. The zero-order valence-electron chi connectivity index (χ0n) is 36.1. The molecule has 0 radical (unpaired) electrons. The Kier molecular flexibility index (Phi) is 15.0. The maximum atomic E-state index is 14.4. The van der Waals surface area contributed by atoms with Crippen LogP contribution in [-0.2, 0) is 32.0 Å². The number of fused-ring (bicyclic) bond motifs is 2. The summed E-state index contributed by atoms with van der Waals surface area (Å²) in [6.45, 7) is 12.2. The van der Waals surface area contributed by atoms with Crippen molar-refractivity contribution in [2.24, 2.45) is 10.8 Å². The number of thioether (sulfide) groups is 2. The average molecular weight is 895 g/mol. The molecule has 12 nitrogen and oxygen atoms in total. The van der Waals surface area contributed by atoms with Gasteiger partial charge in [-0.05, 0) is 112 Å². The number of benzene rings is 2. The standard InChI is InChI=1S/C44H62N8O4S4/c1-25(45-7)39(57)49-31-19-21-59-33-23-43(3,4)35(51(33)41(31)55)37(53)47-29-15-11-9-13-27(29)17-18-28-14-10-12-16-30(28)48-38(54)36-44(5,6)24-34-52(36)42(56)32(20-22-60-34)50-40(58)26(2)46-8/h9-16,25-26,31-36,45-46H,17-24H2,1-8H3,(H,47,53)(H,48,54)(H,49,57)(H,50,58)/t25-,26-,31-,32-,33?,34?,35+,36+/m0/s1. The molecule has 4 heterocycles. The van der Waals surface area contributed by atoms with Gasteiger partial charge in [-0.1, -0.05) is 88.5 Å². The number of rotatable bonds is 13. The van der Waals surface area contributed by atoms with E-state index in [0.717, 1.165) is 22.6 Å². The van der Waals surface area contributed by atoms with Crippen LogP contribution in [0.15, 0.2) is 48.5 Å². The Balaban J connectivity index is 1.16. The van der Waals surface area contributed by atoms with Gasteiger partial charge in [-0.2, -0.15) is 0 Å². The molecule has 326 valence electrons. The Bertz CT molecular complexity index is 1830. The molecule has 4 amide bonds. The lowest BCUT2D eigenvalue weighted by Crippen LogP contribution is -2.56. The molecule has 4 saturated heterocycles. The SMILES string of the molecule is CN[C@@H](C)C(=S)N[C@H]1CCSC2CC(C)(C)[C@@H](C(=O)Nc3ccccc3CCc3ccccc3NC(=O)[C@H]3N4C(=O)[C@@H](NC(=S)[C@H](C)NC)CCSC4CC3(C)C)N2C1=O. The van der Waals surface area contributed by atoms with Crippen LogP contribution in [-0.4, -0.2) is 116 Å². The van der Waals surface area contributed by atoms with Crippen molar-refractivity contribution in [1.82, 2.24) is 31.1 Å². The predicted octanol–water partition coefficient (Wildman–Crippen LogP) is 5.32. The van der Waals surface area contributed by atoms with Crippen molar-refractivity contribution < 1.29 is 19.2 Å². The molecule has 0 spiro atoms. The molecule has 2 unspecified atom stereocenters. The number of thiocarbonyl (C=S) groups is 2. The van der Waals surface area contributed by atoms with Crippen LogP contribution >= 0.6 is 48.0 Å². The van der Waals surface area contributed by atoms with Crippen molar-refractivity contribution in [3.8, 4) is 0 Å². The van der Waals surface area contributed by atoms with E-state index in [4.69, 9.17) is 24.4 Å². The molecule has 2 aromatic carbocycles. The van der Waals surface area contributed by atoms with Crippen LogP contribution in [0, 0.1) is 10.8 Å². The van der Waals surface area contributed by atoms with Crippen molar-refractivity contribution in [1.29, 1.82) is 0 Å². The molecule has 4 fully saturated rings. The summed E-state index contributed by atoms with van der Waals surface area (Å²) >= 11 is 14.7. The molecule has 4 aliphatic heterocycles. The second-order valence-corrected chi connectivity index (χ2v) is 21.3. The fourth-order valence-corrected chi connectivity index (χ4v) is 12.6. The molecule has 0 aromatic heterocycles. The molecule has 4 aliphatic rings. The highest BCUT2D eigenvalue weighted by atomic mass is 32.2. The number of carbonyl (C=O) groups excluding carboxylic acids is 4. The van der Waals surface area contributed by atoms with E-state index in [9.17, 15) is 19.2 Å². The Morgan fingerprint density at radius 2 is 1.05 bits per heavy atom. The van der Waals surface area contributed by atoms with E-state index in [1.54, 1.807) is 33.3 Å². The van der Waals surface area contributed by atoms with Gasteiger partial charge in [-0.3, -0.25) is 19.2 Å². The first-order chi connectivity index (χ1) is 28.5. The maximum absolute atomic E-state index is 14.4. The smallest absolute Gasteiger partial charge is 0.247 e. The first-order valence-electron chi connectivity index (χ1n) is 21.1. The summed E-state index contributed by atoms with van der Waals surface area (Å²) in [6.07, 6.45) is 3.85. The quantitative estimate of drug-likeness (QED) is 0.145. The van der Waals surface area contributed by atoms with E-state index in [2.05, 4.69) is 59.6 Å². The molecule has 0 saturated carbocycles. The lowest BCUT2D eigenvalue weighted by atomic mass is 9.84. The van der Waals surface area contributed by atoms with E-state index in [-0.39, 0.29) is 46.5 Å². The lowest BCUT2D eigenvalue weighted by Gasteiger charge is -2.34. The average Bonchev–Trinajstić information content (AvgIpc) is 3.53. The summed E-state index contributed by atoms with van der Waals surface area (Å²) in [7, 11) is 3.67. The molecule has 16 heteroatoms. The van der Waals surface area contributed by atoms with E-state index in [1.807, 2.05) is 76.5 Å². The summed E-state index contributed by atoms with van der Waals surface area (Å²) in [5.74, 6) is 0.964. The highest BCUT2D eigenvalue weighted by molar-refractivity contribution is 8.00. The van der Waals surface area contributed by atoms with Crippen LogP contribution in [0.3, 0.4) is 0 Å². The van der Waals surface area contributed by atoms with Crippen LogP contribution in [0.2, 0.25) is 0 Å². The van der Waals surface area contributed by atoms with Gasteiger partial charge in [0, 0.05) is 11.4 Å². The third-order valence-electron chi connectivity index (χ3n) is 12.6. The molecule has 6 rings (SSSR count). The zero-order valence-corrected chi connectivity index (χ0v) is 39.3. The highest BCUT2D eigenvalue weighted by Gasteiger charge is 2.56. The summed E-state index contributed by atoms with van der Waals surface area (Å²) in [6, 6.07) is 13.0. The number of carbonyl (C=O) groups is 4. The minimum absolute atomic E-state index is 0.0851. The van der Waals surface area contributed by atoms with Gasteiger partial charge in [0.05, 0.1) is 32.8 Å². The van der Waals surface area contributed by atoms with Crippen molar-refractivity contribution in [2.45, 2.75) is 127 Å². The number of likely N-dealkylation sites (N-methyl/N-ethyl adjacent to an activating group) is 2. The monoisotopic (exact) mass is 894 g/mol.